The fraction of sp³-hybridized carbons (Fsp3) is 0.923. The second-order valence-electron chi connectivity index (χ2n) is 5.02. The van der Waals surface area contributed by atoms with Crippen LogP contribution in [0.2, 0.25) is 0 Å². The predicted octanol–water partition coefficient (Wildman–Crippen LogP) is 3.19. The van der Waals surface area contributed by atoms with Gasteiger partial charge in [-0.1, -0.05) is 19.8 Å². The average molecular weight is 208 g/mol. The SMILES string of the molecule is CC1CCCC(N(C)CCCCC#N)C1. The summed E-state index contributed by atoms with van der Waals surface area (Å²) in [5.74, 6) is 0.908. The number of nitriles is 1. The van der Waals surface area contributed by atoms with E-state index in [0.717, 1.165) is 24.8 Å². The molecule has 1 aliphatic carbocycles. The standard InChI is InChI=1S/C13H24N2/c1-12-7-6-8-13(11-12)15(2)10-5-3-4-9-14/h12-13H,3-8,10-11H2,1-2H3. The van der Waals surface area contributed by atoms with Crippen molar-refractivity contribution in [2.45, 2.75) is 57.9 Å². The number of hydrogen-bond donors (Lipinski definition) is 0. The molecule has 1 rings (SSSR count). The van der Waals surface area contributed by atoms with E-state index >= 15 is 0 Å². The van der Waals surface area contributed by atoms with Gasteiger partial charge in [-0.15, -0.1) is 0 Å². The molecule has 0 aromatic rings. The highest BCUT2D eigenvalue weighted by atomic mass is 15.1. The molecule has 15 heavy (non-hydrogen) atoms. The molecule has 86 valence electrons. The smallest absolute Gasteiger partial charge is 0.0621 e. The fourth-order valence-electron chi connectivity index (χ4n) is 2.55. The molecule has 2 unspecified atom stereocenters. The molecule has 0 spiro atoms. The highest BCUT2D eigenvalue weighted by Crippen LogP contribution is 2.26. The summed E-state index contributed by atoms with van der Waals surface area (Å²) in [6.07, 6.45) is 8.51. The van der Waals surface area contributed by atoms with Gasteiger partial charge in [-0.25, -0.2) is 0 Å². The van der Waals surface area contributed by atoms with Crippen LogP contribution in [0, 0.1) is 17.2 Å². The van der Waals surface area contributed by atoms with Gasteiger partial charge >= 0.3 is 0 Å². The van der Waals surface area contributed by atoms with Crippen LogP contribution in [0.15, 0.2) is 0 Å². The summed E-state index contributed by atoms with van der Waals surface area (Å²) in [6.45, 7) is 3.54. The van der Waals surface area contributed by atoms with E-state index in [1.165, 1.54) is 38.6 Å². The molecular weight excluding hydrogens is 184 g/mol. The Bertz CT molecular complexity index is 207. The van der Waals surface area contributed by atoms with Crippen LogP contribution < -0.4 is 0 Å². The van der Waals surface area contributed by atoms with E-state index in [2.05, 4.69) is 24.9 Å². The molecule has 0 radical (unpaired) electrons. The predicted molar refractivity (Wildman–Crippen MR) is 63.5 cm³/mol. The average Bonchev–Trinajstić information content (AvgIpc) is 2.24. The van der Waals surface area contributed by atoms with Crippen LogP contribution in [0.25, 0.3) is 0 Å². The highest BCUT2D eigenvalue weighted by Gasteiger charge is 2.21. The lowest BCUT2D eigenvalue weighted by molar-refractivity contribution is 0.162. The van der Waals surface area contributed by atoms with Gasteiger partial charge in [-0.3, -0.25) is 0 Å². The summed E-state index contributed by atoms with van der Waals surface area (Å²) in [5.41, 5.74) is 0. The quantitative estimate of drug-likeness (QED) is 0.649. The normalized spacial score (nSPS) is 26.5. The Hall–Kier alpha value is -0.550. The third-order valence-electron chi connectivity index (χ3n) is 3.58. The maximum atomic E-state index is 8.45. The van der Waals surface area contributed by atoms with E-state index in [4.69, 9.17) is 5.26 Å². The lowest BCUT2D eigenvalue weighted by Crippen LogP contribution is -2.36. The van der Waals surface area contributed by atoms with Gasteiger partial charge in [0.2, 0.25) is 0 Å². The van der Waals surface area contributed by atoms with Crippen molar-refractivity contribution in [3.8, 4) is 6.07 Å². The van der Waals surface area contributed by atoms with Gasteiger partial charge in [0.15, 0.2) is 0 Å². The van der Waals surface area contributed by atoms with Crippen LogP contribution in [0.1, 0.15) is 51.9 Å². The first-order valence-electron chi connectivity index (χ1n) is 6.31. The van der Waals surface area contributed by atoms with E-state index in [9.17, 15) is 0 Å². The van der Waals surface area contributed by atoms with Crippen molar-refractivity contribution in [1.29, 1.82) is 5.26 Å². The van der Waals surface area contributed by atoms with Crippen molar-refractivity contribution in [1.82, 2.24) is 4.90 Å². The van der Waals surface area contributed by atoms with Gasteiger partial charge < -0.3 is 4.90 Å². The van der Waals surface area contributed by atoms with Crippen LogP contribution in [0.4, 0.5) is 0 Å². The van der Waals surface area contributed by atoms with Crippen molar-refractivity contribution in [3.63, 3.8) is 0 Å². The number of unbranched alkanes of at least 4 members (excludes halogenated alkanes) is 2. The monoisotopic (exact) mass is 208 g/mol. The molecule has 0 N–H and O–H groups in total. The zero-order valence-corrected chi connectivity index (χ0v) is 10.2. The molecule has 1 fully saturated rings. The van der Waals surface area contributed by atoms with Crippen molar-refractivity contribution in [2.75, 3.05) is 13.6 Å². The lowest BCUT2D eigenvalue weighted by Gasteiger charge is -2.34. The van der Waals surface area contributed by atoms with Crippen LogP contribution in [-0.4, -0.2) is 24.5 Å². The van der Waals surface area contributed by atoms with Gasteiger partial charge in [0, 0.05) is 12.5 Å². The first-order valence-corrected chi connectivity index (χ1v) is 6.31. The lowest BCUT2D eigenvalue weighted by atomic mass is 9.86. The molecule has 0 aliphatic heterocycles. The van der Waals surface area contributed by atoms with E-state index in [1.807, 2.05) is 0 Å². The van der Waals surface area contributed by atoms with Gasteiger partial charge in [0.1, 0.15) is 0 Å². The van der Waals surface area contributed by atoms with Gasteiger partial charge in [0.25, 0.3) is 0 Å². The van der Waals surface area contributed by atoms with E-state index < -0.39 is 0 Å². The van der Waals surface area contributed by atoms with E-state index in [0.29, 0.717) is 0 Å². The molecule has 0 bridgehead atoms. The summed E-state index contributed by atoms with van der Waals surface area (Å²) >= 11 is 0. The van der Waals surface area contributed by atoms with Crippen molar-refractivity contribution in [3.05, 3.63) is 0 Å². The summed E-state index contributed by atoms with van der Waals surface area (Å²) in [6, 6.07) is 3.01. The number of rotatable bonds is 5. The minimum atomic E-state index is 0.717. The summed E-state index contributed by atoms with van der Waals surface area (Å²) in [5, 5.41) is 8.45. The summed E-state index contributed by atoms with van der Waals surface area (Å²) in [4.78, 5) is 2.51. The molecule has 2 heteroatoms. The van der Waals surface area contributed by atoms with E-state index in [1.54, 1.807) is 0 Å². The minimum Gasteiger partial charge on any atom is -0.303 e. The maximum absolute atomic E-state index is 8.45. The first-order chi connectivity index (χ1) is 7.24. The van der Waals surface area contributed by atoms with E-state index in [-0.39, 0.29) is 0 Å². The van der Waals surface area contributed by atoms with Crippen LogP contribution >= 0.6 is 0 Å². The Morgan fingerprint density at radius 2 is 2.13 bits per heavy atom. The zero-order valence-electron chi connectivity index (χ0n) is 10.2. The third kappa shape index (κ3) is 4.66. The third-order valence-corrected chi connectivity index (χ3v) is 3.58. The first kappa shape index (κ1) is 12.5. The molecule has 1 aliphatic rings. The second-order valence-corrected chi connectivity index (χ2v) is 5.02. The topological polar surface area (TPSA) is 27.0 Å². The molecule has 0 amide bonds. The fourth-order valence-corrected chi connectivity index (χ4v) is 2.55. The number of nitrogens with zero attached hydrogens (tertiary/aromatic N) is 2. The molecule has 0 saturated heterocycles. The van der Waals surface area contributed by atoms with Gasteiger partial charge in [-0.2, -0.15) is 5.26 Å². The van der Waals surface area contributed by atoms with Crippen molar-refractivity contribution in [2.24, 2.45) is 5.92 Å². The summed E-state index contributed by atoms with van der Waals surface area (Å²) < 4.78 is 0. The Morgan fingerprint density at radius 3 is 2.80 bits per heavy atom. The molecule has 0 heterocycles. The van der Waals surface area contributed by atoms with Crippen LogP contribution in [0.3, 0.4) is 0 Å². The Balaban J connectivity index is 2.15. The number of hydrogen-bond acceptors (Lipinski definition) is 2. The highest BCUT2D eigenvalue weighted by molar-refractivity contribution is 4.77. The molecule has 2 nitrogen and oxygen atoms in total. The maximum Gasteiger partial charge on any atom is 0.0621 e. The Labute approximate surface area is 94.3 Å². The minimum absolute atomic E-state index is 0.717. The second kappa shape index (κ2) is 6.85. The Morgan fingerprint density at radius 1 is 1.33 bits per heavy atom. The van der Waals surface area contributed by atoms with Crippen LogP contribution in [-0.2, 0) is 0 Å². The van der Waals surface area contributed by atoms with Crippen molar-refractivity contribution < 1.29 is 0 Å². The van der Waals surface area contributed by atoms with Crippen molar-refractivity contribution >= 4 is 0 Å². The molecule has 0 aromatic heterocycles. The van der Waals surface area contributed by atoms with Gasteiger partial charge in [-0.05, 0) is 45.2 Å². The molecule has 1 saturated carbocycles. The molecular formula is C13H24N2. The molecule has 2 atom stereocenters. The Kier molecular flexibility index (Phi) is 5.71. The summed E-state index contributed by atoms with van der Waals surface area (Å²) in [7, 11) is 2.25. The van der Waals surface area contributed by atoms with Crippen LogP contribution in [0.5, 0.6) is 0 Å². The van der Waals surface area contributed by atoms with Gasteiger partial charge in [0.05, 0.1) is 6.07 Å². The zero-order chi connectivity index (χ0) is 11.1. The largest absolute Gasteiger partial charge is 0.303 e. The molecule has 0 aromatic carbocycles.